The molecule has 0 aliphatic heterocycles. The van der Waals surface area contributed by atoms with Crippen LogP contribution in [0.1, 0.15) is 26.2 Å². The van der Waals surface area contributed by atoms with Gasteiger partial charge in [-0.15, -0.1) is 0 Å². The van der Waals surface area contributed by atoms with Gasteiger partial charge >= 0.3 is 11.8 Å². The molecule has 11 heteroatoms. The van der Waals surface area contributed by atoms with Crippen LogP contribution in [-0.4, -0.2) is 29.6 Å². The van der Waals surface area contributed by atoms with Crippen molar-refractivity contribution in [1.29, 1.82) is 0 Å². The van der Waals surface area contributed by atoms with E-state index in [4.69, 9.17) is 0 Å². The molecule has 0 atom stereocenters. The molecule has 0 amide bonds. The Morgan fingerprint density at radius 2 is 1.10 bits per heavy atom. The van der Waals surface area contributed by atoms with Crippen molar-refractivity contribution in [2.75, 3.05) is 0 Å². The second kappa shape index (κ2) is 6.88. The number of alkyl halides is 10. The van der Waals surface area contributed by atoms with Gasteiger partial charge in [0.2, 0.25) is 0 Å². The molecule has 1 radical (unpaired) electrons. The fourth-order valence-electron chi connectivity index (χ4n) is 1.27. The first-order valence-corrected chi connectivity index (χ1v) is 5.22. The third-order valence-corrected chi connectivity index (χ3v) is 2.43. The summed E-state index contributed by atoms with van der Waals surface area (Å²) in [5.41, 5.74) is 0. The van der Waals surface area contributed by atoms with Crippen LogP contribution in [0, 0.1) is 6.92 Å². The van der Waals surface area contributed by atoms with Gasteiger partial charge in [0.1, 0.15) is 0 Å². The molecular formula is C10H11F10Y-. The van der Waals surface area contributed by atoms with E-state index in [2.05, 4.69) is 0 Å². The van der Waals surface area contributed by atoms with Crippen molar-refractivity contribution in [2.45, 2.75) is 55.8 Å². The van der Waals surface area contributed by atoms with Gasteiger partial charge in [-0.25, -0.2) is 26.3 Å². The number of hydrogen-bond acceptors (Lipinski definition) is 0. The average molecular weight is 410 g/mol. The van der Waals surface area contributed by atoms with E-state index in [9.17, 15) is 43.9 Å². The Hall–Kier alpha value is 0.404. The number of hydrogen-bond donors (Lipinski definition) is 0. The van der Waals surface area contributed by atoms with Crippen LogP contribution >= 0.6 is 0 Å². The van der Waals surface area contributed by atoms with Crippen LogP contribution in [0.2, 0.25) is 0 Å². The maximum atomic E-state index is 13.0. The second-order valence-electron chi connectivity index (χ2n) is 4.40. The molecule has 0 aromatic carbocycles. The van der Waals surface area contributed by atoms with E-state index < -0.39 is 48.9 Å². The zero-order chi connectivity index (χ0) is 16.6. The summed E-state index contributed by atoms with van der Waals surface area (Å²) in [6.07, 6.45) is -6.71. The van der Waals surface area contributed by atoms with Crippen molar-refractivity contribution in [2.24, 2.45) is 0 Å². The first kappa shape index (κ1) is 23.7. The molecule has 0 bridgehead atoms. The quantitative estimate of drug-likeness (QED) is 0.401. The largest absolute Gasteiger partial charge is 0.343 e. The molecule has 0 saturated heterocycles. The SMILES string of the molecule is [CH2-]C(F)(F)C(F)(F)C(F)(F)CC(F)(F)CC(F)(F)CC.[Y]. The van der Waals surface area contributed by atoms with Gasteiger partial charge in [-0.2, -0.15) is 17.6 Å². The summed E-state index contributed by atoms with van der Waals surface area (Å²) < 4.78 is 127. The van der Waals surface area contributed by atoms with E-state index in [-0.39, 0.29) is 32.7 Å². The summed E-state index contributed by atoms with van der Waals surface area (Å²) in [5, 5.41) is 0. The third-order valence-electron chi connectivity index (χ3n) is 2.43. The Bertz CT molecular complexity index is 333. The van der Waals surface area contributed by atoms with Crippen LogP contribution in [0.4, 0.5) is 43.9 Å². The van der Waals surface area contributed by atoms with Gasteiger partial charge in [0.15, 0.2) is 5.92 Å². The zero-order valence-electron chi connectivity index (χ0n) is 10.7. The van der Waals surface area contributed by atoms with E-state index >= 15 is 0 Å². The zero-order valence-corrected chi connectivity index (χ0v) is 13.5. The maximum absolute atomic E-state index is 13.0. The molecule has 0 unspecified atom stereocenters. The first-order valence-electron chi connectivity index (χ1n) is 5.22. The van der Waals surface area contributed by atoms with Gasteiger partial charge < -0.3 is 0 Å². The molecule has 0 heterocycles. The Labute approximate surface area is 139 Å². The minimum atomic E-state index is -6.19. The molecule has 0 aromatic rings. The van der Waals surface area contributed by atoms with Gasteiger partial charge in [-0.1, -0.05) is 6.92 Å². The number of rotatable bonds is 7. The van der Waals surface area contributed by atoms with Crippen molar-refractivity contribution in [3.05, 3.63) is 6.92 Å². The van der Waals surface area contributed by atoms with E-state index in [0.29, 0.717) is 0 Å². The fraction of sp³-hybridized carbons (Fsp3) is 0.900. The van der Waals surface area contributed by atoms with Crippen LogP contribution in [0.25, 0.3) is 0 Å². The van der Waals surface area contributed by atoms with Crippen LogP contribution in [0.15, 0.2) is 0 Å². The topological polar surface area (TPSA) is 0 Å². The molecule has 0 N–H and O–H groups in total. The summed E-state index contributed by atoms with van der Waals surface area (Å²) in [5.74, 6) is -26.6. The Balaban J connectivity index is 0. The molecule has 125 valence electrons. The Morgan fingerprint density at radius 3 is 1.38 bits per heavy atom. The molecule has 0 aromatic heterocycles. The van der Waals surface area contributed by atoms with Crippen LogP contribution in [0.5, 0.6) is 0 Å². The normalized spacial score (nSPS) is 14.9. The summed E-state index contributed by atoms with van der Waals surface area (Å²) in [6, 6.07) is 0. The van der Waals surface area contributed by atoms with E-state index in [0.717, 1.165) is 6.92 Å². The molecule has 21 heavy (non-hydrogen) atoms. The predicted molar refractivity (Wildman–Crippen MR) is 49.6 cm³/mol. The minimum Gasteiger partial charge on any atom is -0.268 e. The van der Waals surface area contributed by atoms with Gasteiger partial charge in [0, 0.05) is 39.1 Å². The van der Waals surface area contributed by atoms with Crippen molar-refractivity contribution < 1.29 is 76.6 Å². The maximum Gasteiger partial charge on any atom is 0.343 e. The minimum absolute atomic E-state index is 0. The van der Waals surface area contributed by atoms with Crippen molar-refractivity contribution in [1.82, 2.24) is 0 Å². The summed E-state index contributed by atoms with van der Waals surface area (Å²) >= 11 is 0. The average Bonchev–Trinajstić information content (AvgIpc) is 2.11. The standard InChI is InChI=1S/C10H11F10.Y/c1-3-7(13,14)4-8(15,16)5-9(17,18)10(19,20)6(2,11)12;/h2-5H2,1H3;/q-1;. The summed E-state index contributed by atoms with van der Waals surface area (Å²) in [4.78, 5) is 0. The Kier molecular flexibility index (Phi) is 7.76. The van der Waals surface area contributed by atoms with Crippen molar-refractivity contribution in [3.63, 3.8) is 0 Å². The van der Waals surface area contributed by atoms with Crippen molar-refractivity contribution in [3.8, 4) is 0 Å². The van der Waals surface area contributed by atoms with Crippen LogP contribution in [0.3, 0.4) is 0 Å². The summed E-state index contributed by atoms with van der Waals surface area (Å²) in [7, 11) is 0. The molecular weight excluding hydrogens is 399 g/mol. The molecule has 0 spiro atoms. The Morgan fingerprint density at radius 1 is 0.714 bits per heavy atom. The molecule has 0 nitrogen and oxygen atoms in total. The fourth-order valence-corrected chi connectivity index (χ4v) is 1.27. The van der Waals surface area contributed by atoms with Crippen molar-refractivity contribution >= 4 is 0 Å². The van der Waals surface area contributed by atoms with Crippen LogP contribution in [-0.2, 0) is 32.7 Å². The third kappa shape index (κ3) is 6.19. The second-order valence-corrected chi connectivity index (χ2v) is 4.40. The number of halogens is 10. The van der Waals surface area contributed by atoms with Gasteiger partial charge in [0.25, 0.3) is 11.8 Å². The monoisotopic (exact) mass is 410 g/mol. The first-order chi connectivity index (χ1) is 8.47. The molecule has 0 rings (SSSR count). The van der Waals surface area contributed by atoms with Crippen LogP contribution < -0.4 is 0 Å². The van der Waals surface area contributed by atoms with Gasteiger partial charge in [-0.05, 0) is 0 Å². The van der Waals surface area contributed by atoms with E-state index in [1.54, 1.807) is 0 Å². The predicted octanol–water partition coefficient (Wildman–Crippen LogP) is 5.18. The molecule has 0 aliphatic carbocycles. The van der Waals surface area contributed by atoms with E-state index in [1.165, 1.54) is 6.92 Å². The van der Waals surface area contributed by atoms with E-state index in [1.807, 2.05) is 0 Å². The molecule has 0 aliphatic rings. The van der Waals surface area contributed by atoms with Gasteiger partial charge in [0.05, 0.1) is 12.8 Å². The molecule has 0 fully saturated rings. The van der Waals surface area contributed by atoms with Gasteiger partial charge in [-0.3, -0.25) is 6.92 Å². The molecule has 0 saturated carbocycles. The summed E-state index contributed by atoms with van der Waals surface area (Å²) in [6.45, 7) is 2.24. The smallest absolute Gasteiger partial charge is 0.268 e.